The Bertz CT molecular complexity index is 1310. The van der Waals surface area contributed by atoms with E-state index in [1.807, 2.05) is 29.7 Å². The van der Waals surface area contributed by atoms with Crippen molar-refractivity contribution in [3.05, 3.63) is 58.5 Å². The molecule has 1 unspecified atom stereocenters. The van der Waals surface area contributed by atoms with E-state index in [1.165, 1.54) is 12.1 Å². The highest BCUT2D eigenvalue weighted by Gasteiger charge is 2.22. The van der Waals surface area contributed by atoms with Gasteiger partial charge in [-0.15, -0.1) is 0 Å². The number of hydroxylamine groups is 1. The summed E-state index contributed by atoms with van der Waals surface area (Å²) in [6.45, 7) is 1.97. The summed E-state index contributed by atoms with van der Waals surface area (Å²) in [7, 11) is -3.56. The number of phenolic OH excluding ortho intramolecular Hbond substituents is 1. The lowest BCUT2D eigenvalue weighted by molar-refractivity contribution is -0.113. The maximum Gasteiger partial charge on any atom is 0.286 e. The molecule has 2 aromatic carbocycles. The molecule has 37 heavy (non-hydrogen) atoms. The van der Waals surface area contributed by atoms with E-state index >= 15 is 0 Å². The second-order valence-electron chi connectivity index (χ2n) is 8.87. The van der Waals surface area contributed by atoms with Crippen LogP contribution in [0, 0.1) is 0 Å². The van der Waals surface area contributed by atoms with Gasteiger partial charge in [-0.3, -0.25) is 14.7 Å². The number of phenols is 1. The van der Waals surface area contributed by atoms with Gasteiger partial charge in [-0.1, -0.05) is 18.2 Å². The molecule has 2 aromatic rings. The molecule has 2 heterocycles. The number of hydrogen-bond acceptors (Lipinski definition) is 10. The highest BCUT2D eigenvalue weighted by molar-refractivity contribution is 8.18. The van der Waals surface area contributed by atoms with Gasteiger partial charge in [-0.2, -0.15) is 4.99 Å². The Labute approximate surface area is 219 Å². The molecule has 0 saturated carbocycles. The van der Waals surface area contributed by atoms with Crippen molar-refractivity contribution in [1.82, 2.24) is 10.8 Å². The van der Waals surface area contributed by atoms with Gasteiger partial charge >= 0.3 is 0 Å². The minimum absolute atomic E-state index is 0.0309. The highest BCUT2D eigenvalue weighted by Crippen LogP contribution is 2.29. The minimum Gasteiger partial charge on any atom is -0.506 e. The molecule has 0 aromatic heterocycles. The fraction of sp³-hybridized carbons (Fsp3) is 0.333. The Morgan fingerprint density at radius 1 is 1.19 bits per heavy atom. The normalized spacial score (nSPS) is 18.7. The Morgan fingerprint density at radius 2 is 1.89 bits per heavy atom. The van der Waals surface area contributed by atoms with E-state index in [9.17, 15) is 23.4 Å². The summed E-state index contributed by atoms with van der Waals surface area (Å²) in [5, 5.41) is 32.9. The number of thioether (sulfide) groups is 1. The summed E-state index contributed by atoms with van der Waals surface area (Å²) in [6.07, 6.45) is 3.64. The fourth-order valence-electron chi connectivity index (χ4n) is 4.17. The first-order valence-electron chi connectivity index (χ1n) is 11.6. The number of hydrogen-bond donors (Lipinski definition) is 6. The molecule has 13 heteroatoms. The number of carbonyl (C=O) groups is 1. The van der Waals surface area contributed by atoms with E-state index in [4.69, 9.17) is 5.21 Å². The van der Waals surface area contributed by atoms with Crippen LogP contribution in [0.3, 0.4) is 0 Å². The maximum absolute atomic E-state index is 11.9. The summed E-state index contributed by atoms with van der Waals surface area (Å²) in [5.74, 6) is -0.596. The number of nitrogens with one attached hydrogen (secondary N) is 3. The zero-order valence-electron chi connectivity index (χ0n) is 20.1. The second-order valence-corrected chi connectivity index (χ2v) is 11.7. The van der Waals surface area contributed by atoms with E-state index in [1.54, 1.807) is 12.1 Å². The lowest BCUT2D eigenvalue weighted by atomic mass is 10.0. The molecule has 2 aliphatic rings. The molecule has 1 saturated heterocycles. The van der Waals surface area contributed by atoms with Gasteiger partial charge in [-0.25, -0.2) is 13.9 Å². The van der Waals surface area contributed by atoms with E-state index in [0.29, 0.717) is 17.0 Å². The van der Waals surface area contributed by atoms with Crippen LogP contribution >= 0.6 is 11.8 Å². The number of amidine groups is 1. The van der Waals surface area contributed by atoms with Crippen molar-refractivity contribution in [3.8, 4) is 5.75 Å². The third-order valence-electron chi connectivity index (χ3n) is 6.07. The molecule has 0 spiro atoms. The van der Waals surface area contributed by atoms with Crippen molar-refractivity contribution in [1.29, 1.82) is 0 Å². The van der Waals surface area contributed by atoms with Gasteiger partial charge in [0.2, 0.25) is 10.0 Å². The summed E-state index contributed by atoms with van der Waals surface area (Å²) < 4.78 is 25.2. The number of anilines is 2. The van der Waals surface area contributed by atoms with Crippen molar-refractivity contribution >= 4 is 50.3 Å². The van der Waals surface area contributed by atoms with Crippen LogP contribution in [0.15, 0.2) is 52.4 Å². The molecule has 2 aliphatic heterocycles. The number of nitrogens with zero attached hydrogens (tertiary/aromatic N) is 2. The van der Waals surface area contributed by atoms with E-state index < -0.39 is 16.1 Å². The number of aliphatic hydroxyl groups is 1. The van der Waals surface area contributed by atoms with Gasteiger partial charge in [0.1, 0.15) is 5.75 Å². The molecule has 0 aliphatic carbocycles. The molecular formula is C24H29N5O6S2. The SMILES string of the molecule is CS(=O)(=O)Nc1cc(C(O)CNC2CCN(c3ccc(C=C4SC(NO)=NC4=O)cc3)CC2)ccc1O. The van der Waals surface area contributed by atoms with Crippen LogP contribution in [0.2, 0.25) is 0 Å². The first-order valence-corrected chi connectivity index (χ1v) is 14.3. The fourth-order valence-corrected chi connectivity index (χ4v) is 5.44. The summed E-state index contributed by atoms with van der Waals surface area (Å²) in [4.78, 5) is 18.3. The summed E-state index contributed by atoms with van der Waals surface area (Å²) >= 11 is 1.08. The van der Waals surface area contributed by atoms with Crippen LogP contribution in [-0.2, 0) is 14.8 Å². The topological polar surface area (TPSA) is 164 Å². The van der Waals surface area contributed by atoms with Crippen LogP contribution in [0.25, 0.3) is 6.08 Å². The first-order chi connectivity index (χ1) is 17.6. The molecular weight excluding hydrogens is 518 g/mol. The number of sulfonamides is 1. The van der Waals surface area contributed by atoms with Crippen LogP contribution < -0.4 is 20.4 Å². The van der Waals surface area contributed by atoms with Crippen molar-refractivity contribution in [2.45, 2.75) is 25.0 Å². The molecule has 0 bridgehead atoms. The van der Waals surface area contributed by atoms with Crippen molar-refractivity contribution in [2.75, 3.05) is 35.5 Å². The molecule has 1 fully saturated rings. The molecule has 4 rings (SSSR count). The van der Waals surface area contributed by atoms with Gasteiger partial charge in [0, 0.05) is 31.4 Å². The Hall–Kier alpha value is -3.10. The number of amides is 1. The number of aliphatic hydroxyl groups excluding tert-OH is 1. The predicted octanol–water partition coefficient (Wildman–Crippen LogP) is 2.00. The number of aliphatic imine (C=N–C) groups is 1. The van der Waals surface area contributed by atoms with E-state index in [-0.39, 0.29) is 28.6 Å². The molecule has 1 amide bonds. The number of aromatic hydroxyl groups is 1. The molecule has 198 valence electrons. The summed E-state index contributed by atoms with van der Waals surface area (Å²) in [5.41, 5.74) is 4.37. The van der Waals surface area contributed by atoms with E-state index in [2.05, 4.69) is 19.9 Å². The number of benzene rings is 2. The number of carbonyl (C=O) groups excluding carboxylic acids is 1. The van der Waals surface area contributed by atoms with Gasteiger partial charge in [-0.05, 0) is 66.1 Å². The maximum atomic E-state index is 11.9. The van der Waals surface area contributed by atoms with Crippen LogP contribution in [0.1, 0.15) is 30.1 Å². The van der Waals surface area contributed by atoms with E-state index in [0.717, 1.165) is 55.2 Å². The van der Waals surface area contributed by atoms with Gasteiger partial charge in [0.05, 0.1) is 23.0 Å². The average Bonchev–Trinajstić information content (AvgIpc) is 3.23. The van der Waals surface area contributed by atoms with Crippen LogP contribution in [-0.4, -0.2) is 66.8 Å². The Kier molecular flexibility index (Phi) is 8.39. The monoisotopic (exact) mass is 547 g/mol. The Morgan fingerprint density at radius 3 is 2.51 bits per heavy atom. The lowest BCUT2D eigenvalue weighted by Gasteiger charge is -2.34. The largest absolute Gasteiger partial charge is 0.506 e. The van der Waals surface area contributed by atoms with Crippen LogP contribution in [0.4, 0.5) is 11.4 Å². The smallest absolute Gasteiger partial charge is 0.286 e. The first kappa shape index (κ1) is 26.9. The average molecular weight is 548 g/mol. The van der Waals surface area contributed by atoms with Crippen LogP contribution in [0.5, 0.6) is 5.75 Å². The lowest BCUT2D eigenvalue weighted by Crippen LogP contribution is -2.43. The zero-order valence-corrected chi connectivity index (χ0v) is 21.7. The standard InChI is InChI=1S/C24H29N5O6S2/c1-37(34,35)28-19-13-16(4-7-20(19)30)21(31)14-25-17-8-10-29(11-9-17)18-5-2-15(3-6-18)12-22-23(32)26-24(27-33)36-22/h2-7,12-13,17,21,25,28,30-31,33H,8-11,14H2,1H3,(H,26,27,32). The summed E-state index contributed by atoms with van der Waals surface area (Å²) in [6, 6.07) is 12.5. The molecule has 0 radical (unpaired) electrons. The third-order valence-corrected chi connectivity index (χ3v) is 7.55. The van der Waals surface area contributed by atoms with Crippen molar-refractivity contribution in [2.24, 2.45) is 4.99 Å². The molecule has 6 N–H and O–H groups in total. The van der Waals surface area contributed by atoms with Crippen molar-refractivity contribution in [3.63, 3.8) is 0 Å². The quantitative estimate of drug-likeness (QED) is 0.164. The third kappa shape index (κ3) is 7.23. The Balaban J connectivity index is 1.26. The molecule has 11 nitrogen and oxygen atoms in total. The number of piperidine rings is 1. The van der Waals surface area contributed by atoms with Gasteiger partial charge < -0.3 is 20.4 Å². The predicted molar refractivity (Wildman–Crippen MR) is 144 cm³/mol. The second kappa shape index (κ2) is 11.5. The highest BCUT2D eigenvalue weighted by atomic mass is 32.2. The zero-order chi connectivity index (χ0) is 26.6. The van der Waals surface area contributed by atoms with Gasteiger partial charge in [0.15, 0.2) is 5.17 Å². The molecule has 1 atom stereocenters. The number of rotatable bonds is 8. The van der Waals surface area contributed by atoms with Gasteiger partial charge in [0.25, 0.3) is 5.91 Å². The minimum atomic E-state index is -3.56. The van der Waals surface area contributed by atoms with Crippen molar-refractivity contribution < 1.29 is 28.6 Å².